The van der Waals surface area contributed by atoms with Crippen LogP contribution in [0.5, 0.6) is 0 Å². The van der Waals surface area contributed by atoms with E-state index >= 15 is 0 Å². The lowest BCUT2D eigenvalue weighted by molar-refractivity contribution is -0.135. The fourth-order valence-corrected chi connectivity index (χ4v) is 1.33. The molecule has 0 aliphatic rings. The molecule has 16 heavy (non-hydrogen) atoms. The van der Waals surface area contributed by atoms with Crippen LogP contribution >= 0.6 is 0 Å². The van der Waals surface area contributed by atoms with Crippen LogP contribution in [0.3, 0.4) is 0 Å². The Morgan fingerprint density at radius 1 is 1.38 bits per heavy atom. The molecule has 0 heterocycles. The van der Waals surface area contributed by atoms with Crippen molar-refractivity contribution in [2.24, 2.45) is 0 Å². The minimum atomic E-state index is -0.864. The fraction of sp³-hybridized carbons (Fsp3) is 0.231. The molecule has 0 bridgehead atoms. The smallest absolute Gasteiger partial charge is 0.307 e. The van der Waals surface area contributed by atoms with Gasteiger partial charge in [0, 0.05) is 5.56 Å². The molecule has 1 aromatic rings. The molecule has 3 nitrogen and oxygen atoms in total. The van der Waals surface area contributed by atoms with Crippen LogP contribution in [0, 0.1) is 6.92 Å². The van der Waals surface area contributed by atoms with Crippen molar-refractivity contribution in [3.8, 4) is 0 Å². The SMILES string of the molecule is CC(=O)c1ccc(C)c(C=CCC(=O)O)c1. The van der Waals surface area contributed by atoms with E-state index in [9.17, 15) is 9.59 Å². The van der Waals surface area contributed by atoms with Crippen molar-refractivity contribution in [2.45, 2.75) is 20.3 Å². The van der Waals surface area contributed by atoms with Crippen LogP contribution in [0.4, 0.5) is 0 Å². The van der Waals surface area contributed by atoms with E-state index in [1.54, 1.807) is 24.3 Å². The van der Waals surface area contributed by atoms with Crippen molar-refractivity contribution >= 4 is 17.8 Å². The summed E-state index contributed by atoms with van der Waals surface area (Å²) in [5, 5.41) is 8.50. The van der Waals surface area contributed by atoms with Crippen LogP contribution in [0.15, 0.2) is 24.3 Å². The van der Waals surface area contributed by atoms with E-state index in [2.05, 4.69) is 0 Å². The molecule has 0 amide bonds. The van der Waals surface area contributed by atoms with E-state index in [4.69, 9.17) is 5.11 Å². The fourth-order valence-electron chi connectivity index (χ4n) is 1.33. The number of rotatable bonds is 4. The number of hydrogen-bond acceptors (Lipinski definition) is 2. The maximum atomic E-state index is 11.2. The number of aliphatic carboxylic acids is 1. The maximum absolute atomic E-state index is 11.2. The summed E-state index contributed by atoms with van der Waals surface area (Å²) in [6.45, 7) is 3.43. The molecule has 0 saturated carbocycles. The second-order valence-electron chi connectivity index (χ2n) is 3.63. The Morgan fingerprint density at radius 2 is 2.06 bits per heavy atom. The summed E-state index contributed by atoms with van der Waals surface area (Å²) in [6, 6.07) is 5.40. The number of carbonyl (C=O) groups is 2. The summed E-state index contributed by atoms with van der Waals surface area (Å²) >= 11 is 0. The van der Waals surface area contributed by atoms with Gasteiger partial charge < -0.3 is 5.11 Å². The molecule has 3 heteroatoms. The third kappa shape index (κ3) is 3.35. The van der Waals surface area contributed by atoms with E-state index in [1.165, 1.54) is 6.92 Å². The first-order valence-electron chi connectivity index (χ1n) is 5.00. The van der Waals surface area contributed by atoms with E-state index in [0.717, 1.165) is 11.1 Å². The molecule has 0 aliphatic carbocycles. The van der Waals surface area contributed by atoms with Gasteiger partial charge in [0.05, 0.1) is 6.42 Å². The average Bonchev–Trinajstić information content (AvgIpc) is 2.20. The predicted molar refractivity (Wildman–Crippen MR) is 62.5 cm³/mol. The first-order chi connectivity index (χ1) is 7.50. The van der Waals surface area contributed by atoms with E-state index in [0.29, 0.717) is 5.56 Å². The summed E-state index contributed by atoms with van der Waals surface area (Å²) in [5.74, 6) is -0.857. The van der Waals surface area contributed by atoms with Gasteiger partial charge in [-0.05, 0) is 31.0 Å². The first kappa shape index (κ1) is 12.2. The van der Waals surface area contributed by atoms with Gasteiger partial charge in [-0.25, -0.2) is 0 Å². The normalized spacial score (nSPS) is 10.6. The average molecular weight is 218 g/mol. The zero-order valence-electron chi connectivity index (χ0n) is 9.36. The van der Waals surface area contributed by atoms with Crippen LogP contribution in [0.25, 0.3) is 6.08 Å². The second-order valence-corrected chi connectivity index (χ2v) is 3.63. The minimum absolute atomic E-state index is 0.00730. The molecule has 0 atom stereocenters. The summed E-state index contributed by atoms with van der Waals surface area (Å²) in [5.41, 5.74) is 2.54. The molecule has 0 saturated heterocycles. The molecule has 0 fully saturated rings. The molecule has 1 aromatic carbocycles. The van der Waals surface area contributed by atoms with Crippen molar-refractivity contribution < 1.29 is 14.7 Å². The Labute approximate surface area is 94.4 Å². The number of aryl methyl sites for hydroxylation is 1. The number of carbonyl (C=O) groups excluding carboxylic acids is 1. The Hall–Kier alpha value is -1.90. The number of ketones is 1. The van der Waals surface area contributed by atoms with Crippen LogP contribution in [-0.2, 0) is 4.79 Å². The van der Waals surface area contributed by atoms with Crippen LogP contribution in [-0.4, -0.2) is 16.9 Å². The number of carboxylic acids is 1. The van der Waals surface area contributed by atoms with E-state index in [-0.39, 0.29) is 12.2 Å². The van der Waals surface area contributed by atoms with Gasteiger partial charge >= 0.3 is 5.97 Å². The molecule has 1 rings (SSSR count). The lowest BCUT2D eigenvalue weighted by Crippen LogP contribution is -1.94. The van der Waals surface area contributed by atoms with E-state index < -0.39 is 5.97 Å². The van der Waals surface area contributed by atoms with Crippen molar-refractivity contribution in [3.05, 3.63) is 41.0 Å². The first-order valence-corrected chi connectivity index (χ1v) is 5.00. The summed E-state index contributed by atoms with van der Waals surface area (Å²) in [7, 11) is 0. The standard InChI is InChI=1S/C13H14O3/c1-9-6-7-12(10(2)14)8-11(9)4-3-5-13(15)16/h3-4,6-8H,5H2,1-2H3,(H,15,16). The second kappa shape index (κ2) is 5.26. The molecule has 1 N–H and O–H groups in total. The molecule has 0 aliphatic heterocycles. The summed E-state index contributed by atoms with van der Waals surface area (Å²) in [6.07, 6.45) is 3.30. The number of hydrogen-bond donors (Lipinski definition) is 1. The van der Waals surface area contributed by atoms with Gasteiger partial charge in [0.15, 0.2) is 5.78 Å². The Kier molecular flexibility index (Phi) is 4.00. The monoisotopic (exact) mass is 218 g/mol. The highest BCUT2D eigenvalue weighted by Gasteiger charge is 2.01. The Balaban J connectivity index is 2.94. The van der Waals surface area contributed by atoms with Crippen LogP contribution in [0.2, 0.25) is 0 Å². The zero-order chi connectivity index (χ0) is 12.1. The van der Waals surface area contributed by atoms with Gasteiger partial charge in [0.1, 0.15) is 0 Å². The van der Waals surface area contributed by atoms with Crippen LogP contribution in [0.1, 0.15) is 34.8 Å². The highest BCUT2D eigenvalue weighted by molar-refractivity contribution is 5.94. The Bertz CT molecular complexity index is 444. The molecule has 0 spiro atoms. The lowest BCUT2D eigenvalue weighted by Gasteiger charge is -2.02. The molecule has 0 unspecified atom stereocenters. The molecular formula is C13H14O3. The van der Waals surface area contributed by atoms with Gasteiger partial charge in [0.25, 0.3) is 0 Å². The zero-order valence-corrected chi connectivity index (χ0v) is 9.36. The van der Waals surface area contributed by atoms with Crippen molar-refractivity contribution in [2.75, 3.05) is 0 Å². The molecule has 0 radical (unpaired) electrons. The van der Waals surface area contributed by atoms with Gasteiger partial charge in [0.2, 0.25) is 0 Å². The van der Waals surface area contributed by atoms with Crippen molar-refractivity contribution in [1.82, 2.24) is 0 Å². The third-order valence-electron chi connectivity index (χ3n) is 2.28. The number of carboxylic acid groups (broad SMARTS) is 1. The van der Waals surface area contributed by atoms with Crippen molar-refractivity contribution in [1.29, 1.82) is 0 Å². The van der Waals surface area contributed by atoms with Gasteiger partial charge in [-0.15, -0.1) is 0 Å². The number of benzene rings is 1. The van der Waals surface area contributed by atoms with Crippen LogP contribution < -0.4 is 0 Å². The Morgan fingerprint density at radius 3 is 2.62 bits per heavy atom. The largest absolute Gasteiger partial charge is 0.481 e. The quantitative estimate of drug-likeness (QED) is 0.790. The van der Waals surface area contributed by atoms with Gasteiger partial charge in [-0.3, -0.25) is 9.59 Å². The molecular weight excluding hydrogens is 204 g/mol. The van der Waals surface area contributed by atoms with E-state index in [1.807, 2.05) is 13.0 Å². The minimum Gasteiger partial charge on any atom is -0.481 e. The van der Waals surface area contributed by atoms with Crippen molar-refractivity contribution in [3.63, 3.8) is 0 Å². The van der Waals surface area contributed by atoms with Gasteiger partial charge in [-0.2, -0.15) is 0 Å². The summed E-state index contributed by atoms with van der Waals surface area (Å²) < 4.78 is 0. The number of Topliss-reactive ketones (excluding diaryl/α,β-unsaturated/α-hetero) is 1. The molecule has 0 aromatic heterocycles. The summed E-state index contributed by atoms with van der Waals surface area (Å²) in [4.78, 5) is 21.5. The van der Waals surface area contributed by atoms with Gasteiger partial charge in [-0.1, -0.05) is 24.3 Å². The highest BCUT2D eigenvalue weighted by Crippen LogP contribution is 2.13. The predicted octanol–water partition coefficient (Wildman–Crippen LogP) is 2.69. The molecule has 84 valence electrons. The highest BCUT2D eigenvalue weighted by atomic mass is 16.4. The third-order valence-corrected chi connectivity index (χ3v) is 2.28. The lowest BCUT2D eigenvalue weighted by atomic mass is 10.0. The maximum Gasteiger partial charge on any atom is 0.307 e. The topological polar surface area (TPSA) is 54.4 Å².